The number of ether oxygens (including phenoxy) is 1. The lowest BCUT2D eigenvalue weighted by molar-refractivity contribution is 0.260. The summed E-state index contributed by atoms with van der Waals surface area (Å²) in [6, 6.07) is 72.0. The Labute approximate surface area is 365 Å². The molecule has 0 amide bonds. The van der Waals surface area contributed by atoms with Gasteiger partial charge in [-0.2, -0.15) is 0 Å². The zero-order chi connectivity index (χ0) is 42.0. The van der Waals surface area contributed by atoms with Crippen LogP contribution in [-0.4, -0.2) is 26.6 Å². The van der Waals surface area contributed by atoms with E-state index in [-0.39, 0.29) is 6.23 Å². The molecule has 3 heterocycles. The summed E-state index contributed by atoms with van der Waals surface area (Å²) in [4.78, 5) is 25.7. The van der Waals surface area contributed by atoms with E-state index in [1.165, 1.54) is 0 Å². The minimum absolute atomic E-state index is 0.270. The fourth-order valence-corrected chi connectivity index (χ4v) is 8.11. The van der Waals surface area contributed by atoms with Crippen LogP contribution < -0.4 is 15.4 Å². The Morgan fingerprint density at radius 1 is 0.365 bits per heavy atom. The summed E-state index contributed by atoms with van der Waals surface area (Å²) in [5, 5.41) is 7.07. The summed E-state index contributed by atoms with van der Waals surface area (Å²) in [5.74, 6) is 4.03. The Balaban J connectivity index is 1.02. The second-order valence-electron chi connectivity index (χ2n) is 15.3. The molecule has 11 rings (SSSR count). The van der Waals surface area contributed by atoms with E-state index >= 15 is 0 Å². The van der Waals surface area contributed by atoms with Crippen LogP contribution in [0.1, 0.15) is 34.6 Å². The molecule has 0 spiro atoms. The van der Waals surface area contributed by atoms with Crippen LogP contribution in [0, 0.1) is 0 Å². The Morgan fingerprint density at radius 3 is 1.51 bits per heavy atom. The van der Waals surface area contributed by atoms with Crippen molar-refractivity contribution in [1.29, 1.82) is 0 Å². The molecule has 2 aliphatic heterocycles. The molecule has 0 saturated carbocycles. The first-order chi connectivity index (χ1) is 31.2. The van der Waals surface area contributed by atoms with Gasteiger partial charge in [-0.1, -0.05) is 188 Å². The van der Waals surface area contributed by atoms with Crippen molar-refractivity contribution >= 4 is 17.4 Å². The van der Waals surface area contributed by atoms with Gasteiger partial charge in [-0.15, -0.1) is 0 Å². The van der Waals surface area contributed by atoms with E-state index in [1.807, 2.05) is 115 Å². The maximum Gasteiger partial charge on any atom is 0.196 e. The lowest BCUT2D eigenvalue weighted by atomic mass is 9.89. The van der Waals surface area contributed by atoms with Crippen molar-refractivity contribution < 1.29 is 4.74 Å². The van der Waals surface area contributed by atoms with Gasteiger partial charge in [-0.25, -0.2) is 24.9 Å². The molecule has 8 aromatic carbocycles. The van der Waals surface area contributed by atoms with Crippen molar-refractivity contribution in [3.63, 3.8) is 0 Å². The number of benzene rings is 8. The summed E-state index contributed by atoms with van der Waals surface area (Å²) in [6.07, 6.45) is -0.813. The van der Waals surface area contributed by atoms with Gasteiger partial charge in [0.1, 0.15) is 17.4 Å². The van der Waals surface area contributed by atoms with Crippen LogP contribution in [0.4, 0.5) is 5.69 Å². The van der Waals surface area contributed by atoms with Crippen molar-refractivity contribution in [2.24, 2.45) is 9.98 Å². The van der Waals surface area contributed by atoms with E-state index in [1.54, 1.807) is 0 Å². The van der Waals surface area contributed by atoms with Crippen molar-refractivity contribution in [1.82, 2.24) is 20.3 Å². The normalized spacial score (nSPS) is 15.2. The molecular weight excluding hydrogens is 775 g/mol. The summed E-state index contributed by atoms with van der Waals surface area (Å²) in [7, 11) is 0. The molecule has 2 N–H and O–H groups in total. The molecule has 0 saturated heterocycles. The highest BCUT2D eigenvalue weighted by Gasteiger charge is 2.27. The summed E-state index contributed by atoms with van der Waals surface area (Å²) in [5.41, 5.74) is 11.7. The predicted octanol–water partition coefficient (Wildman–Crippen LogP) is 12.2. The largest absolute Gasteiger partial charge is 0.464 e. The van der Waals surface area contributed by atoms with Crippen molar-refractivity contribution in [3.05, 3.63) is 235 Å². The smallest absolute Gasteiger partial charge is 0.196 e. The molecule has 2 unspecified atom stereocenters. The molecule has 9 aromatic rings. The van der Waals surface area contributed by atoms with E-state index in [0.29, 0.717) is 23.3 Å². The number of nitrogens with zero attached hydrogens (tertiary/aromatic N) is 5. The highest BCUT2D eigenvalue weighted by atomic mass is 16.5. The van der Waals surface area contributed by atoms with E-state index < -0.39 is 6.17 Å². The highest BCUT2D eigenvalue weighted by Crippen LogP contribution is 2.42. The lowest BCUT2D eigenvalue weighted by Gasteiger charge is -2.23. The number of nitrogens with one attached hydrogen (secondary N) is 2. The van der Waals surface area contributed by atoms with Crippen molar-refractivity contribution in [2.45, 2.75) is 12.4 Å². The average molecular weight is 814 g/mol. The van der Waals surface area contributed by atoms with Crippen LogP contribution in [0.2, 0.25) is 0 Å². The van der Waals surface area contributed by atoms with Crippen LogP contribution >= 0.6 is 0 Å². The molecule has 0 radical (unpaired) electrons. The van der Waals surface area contributed by atoms with Crippen molar-refractivity contribution in [3.8, 4) is 62.2 Å². The first-order valence-electron chi connectivity index (χ1n) is 21.0. The summed E-state index contributed by atoms with van der Waals surface area (Å²) in [6.45, 7) is 0. The number of hydrogen-bond acceptors (Lipinski definition) is 8. The third kappa shape index (κ3) is 7.62. The fourth-order valence-electron chi connectivity index (χ4n) is 8.11. The van der Waals surface area contributed by atoms with Crippen LogP contribution in [0.15, 0.2) is 222 Å². The molecule has 0 bridgehead atoms. The molecule has 0 fully saturated rings. The summed E-state index contributed by atoms with van der Waals surface area (Å²) >= 11 is 0. The third-order valence-corrected chi connectivity index (χ3v) is 11.3. The van der Waals surface area contributed by atoms with Crippen LogP contribution in [0.3, 0.4) is 0 Å². The van der Waals surface area contributed by atoms with Crippen LogP contribution in [0.25, 0.3) is 56.4 Å². The van der Waals surface area contributed by atoms with Gasteiger partial charge in [0.15, 0.2) is 29.9 Å². The summed E-state index contributed by atoms with van der Waals surface area (Å²) < 4.78 is 6.43. The number of hydrogen-bond donors (Lipinski definition) is 2. The number of amidine groups is 2. The predicted molar refractivity (Wildman–Crippen MR) is 252 cm³/mol. The van der Waals surface area contributed by atoms with E-state index in [0.717, 1.165) is 78.5 Å². The minimum atomic E-state index is -0.544. The van der Waals surface area contributed by atoms with Gasteiger partial charge in [0, 0.05) is 33.4 Å². The first kappa shape index (κ1) is 37.5. The van der Waals surface area contributed by atoms with Gasteiger partial charge < -0.3 is 15.4 Å². The maximum atomic E-state index is 6.43. The maximum absolute atomic E-state index is 6.43. The molecular formula is C55H39N7O. The van der Waals surface area contributed by atoms with Crippen LogP contribution in [0.5, 0.6) is 5.75 Å². The number of fused-ring (bicyclic) bond motifs is 1. The molecule has 63 heavy (non-hydrogen) atoms. The Hall–Kier alpha value is -8.49. The molecule has 2 atom stereocenters. The number of aliphatic imine (C=N–C) groups is 2. The van der Waals surface area contributed by atoms with Gasteiger partial charge in [0.2, 0.25) is 0 Å². The second kappa shape index (κ2) is 16.5. The monoisotopic (exact) mass is 813 g/mol. The molecule has 300 valence electrons. The number of anilines is 1. The van der Waals surface area contributed by atoms with E-state index in [9.17, 15) is 0 Å². The zero-order valence-electron chi connectivity index (χ0n) is 34.0. The lowest BCUT2D eigenvalue weighted by Crippen LogP contribution is -2.36. The zero-order valence-corrected chi connectivity index (χ0v) is 34.0. The Morgan fingerprint density at radius 2 is 0.873 bits per heavy atom. The number of rotatable bonds is 9. The van der Waals surface area contributed by atoms with Gasteiger partial charge in [-0.05, 0) is 52.1 Å². The quantitative estimate of drug-likeness (QED) is 0.151. The SMILES string of the molecule is c1ccc(C2=NC(c3ccc(-c4ccccc4-c4nc(-c5ccccc5)nc(-c5ccccc5)n4)c(-c4ccccc4)c3)N=C(c3ccc4c(c3)OC(c3ccccc3)N4)N2)cc1. The third-order valence-electron chi connectivity index (χ3n) is 11.3. The average Bonchev–Trinajstić information content (AvgIpc) is 3.81. The molecule has 0 aliphatic carbocycles. The molecule has 2 aliphatic rings. The highest BCUT2D eigenvalue weighted by molar-refractivity contribution is 6.16. The molecule has 1 aromatic heterocycles. The number of aromatic nitrogens is 3. The van der Waals surface area contributed by atoms with Gasteiger partial charge >= 0.3 is 0 Å². The van der Waals surface area contributed by atoms with Gasteiger partial charge in [0.05, 0.1) is 5.69 Å². The Kier molecular flexibility index (Phi) is 9.83. The van der Waals surface area contributed by atoms with Gasteiger partial charge in [-0.3, -0.25) is 0 Å². The minimum Gasteiger partial charge on any atom is -0.464 e. The first-order valence-corrected chi connectivity index (χ1v) is 21.0. The van der Waals surface area contributed by atoms with Gasteiger partial charge in [0.25, 0.3) is 0 Å². The molecule has 8 nitrogen and oxygen atoms in total. The standard InChI is InChI=1S/C55H39N7O/c1-6-18-36(19-7-1)46-34-41(30-32-44(46)43-28-16-17-29-45(43)54-61-50(38-22-10-3-11-23-38)57-51(62-54)39-24-12-4-13-25-39)52-58-49(37-20-8-2-9-21-37)59-53(60-52)42-31-33-47-48(35-42)63-55(56-47)40-26-14-5-15-27-40/h1-35,52,55-56H,(H,58,59,60). The van der Waals surface area contributed by atoms with E-state index in [2.05, 4.69) is 108 Å². The van der Waals surface area contributed by atoms with Crippen LogP contribution in [-0.2, 0) is 0 Å². The second-order valence-corrected chi connectivity index (χ2v) is 15.3. The van der Waals surface area contributed by atoms with E-state index in [4.69, 9.17) is 29.7 Å². The topological polar surface area (TPSA) is 96.7 Å². The fraction of sp³-hybridized carbons (Fsp3) is 0.0364. The molecule has 8 heteroatoms. The Bertz CT molecular complexity index is 3080. The van der Waals surface area contributed by atoms with Crippen molar-refractivity contribution in [2.75, 3.05) is 5.32 Å².